The Labute approximate surface area is 149 Å². The lowest BCUT2D eigenvalue weighted by Crippen LogP contribution is -2.26. The molecule has 1 aromatic heterocycles. The second kappa shape index (κ2) is 7.43. The highest BCUT2D eigenvalue weighted by Crippen LogP contribution is 2.33. The van der Waals surface area contributed by atoms with Gasteiger partial charge in [0.2, 0.25) is 12.7 Å². The number of ether oxygens (including phenoxy) is 2. The number of hydrogen-bond donors (Lipinski definition) is 3. The molecule has 2 N–H and O–H groups in total. The van der Waals surface area contributed by atoms with Crippen LogP contribution >= 0.6 is 12.6 Å². The highest BCUT2D eigenvalue weighted by molar-refractivity contribution is 7.80. The molecule has 7 nitrogen and oxygen atoms in total. The Morgan fingerprint density at radius 2 is 2.04 bits per heavy atom. The standard InChI is InChI=1S/C17H16N2O5S/c20-16(19-15-7-11(17(21)22)3-4-18-15)12(8-25)5-10-1-2-13-14(6-10)24-9-23-13/h1-4,6-7,12,25H,5,8-9H2,(H,21,22)(H,18,19,20). The first-order chi connectivity index (χ1) is 12.1. The maximum atomic E-state index is 12.5. The molecule has 0 radical (unpaired) electrons. The van der Waals surface area contributed by atoms with Crippen LogP contribution in [0.15, 0.2) is 36.5 Å². The summed E-state index contributed by atoms with van der Waals surface area (Å²) in [5.41, 5.74) is 0.981. The van der Waals surface area contributed by atoms with E-state index in [0.717, 1.165) is 5.56 Å². The number of thiol groups is 1. The molecular weight excluding hydrogens is 344 g/mol. The van der Waals surface area contributed by atoms with Gasteiger partial charge in [-0.15, -0.1) is 0 Å². The summed E-state index contributed by atoms with van der Waals surface area (Å²) in [7, 11) is 0. The summed E-state index contributed by atoms with van der Waals surface area (Å²) in [4.78, 5) is 27.4. The summed E-state index contributed by atoms with van der Waals surface area (Å²) in [5.74, 6) is 0.115. The topological polar surface area (TPSA) is 97.8 Å². The van der Waals surface area contributed by atoms with E-state index >= 15 is 0 Å². The Morgan fingerprint density at radius 1 is 1.24 bits per heavy atom. The first-order valence-electron chi connectivity index (χ1n) is 7.56. The van der Waals surface area contributed by atoms with Crippen LogP contribution in [0.25, 0.3) is 0 Å². The number of nitrogens with one attached hydrogen (secondary N) is 1. The number of aromatic carboxylic acids is 1. The number of aromatic nitrogens is 1. The SMILES string of the molecule is O=C(O)c1ccnc(NC(=O)C(CS)Cc2ccc3c(c2)OCO3)c1. The number of carboxylic acid groups (broad SMARTS) is 1. The van der Waals surface area contributed by atoms with E-state index in [4.69, 9.17) is 14.6 Å². The fraction of sp³-hybridized carbons (Fsp3) is 0.235. The molecule has 1 aliphatic rings. The highest BCUT2D eigenvalue weighted by Gasteiger charge is 2.20. The zero-order chi connectivity index (χ0) is 17.8. The largest absolute Gasteiger partial charge is 0.478 e. The maximum Gasteiger partial charge on any atom is 0.335 e. The van der Waals surface area contributed by atoms with Crippen LogP contribution in [0.3, 0.4) is 0 Å². The van der Waals surface area contributed by atoms with Gasteiger partial charge in [0.1, 0.15) is 5.82 Å². The molecule has 0 spiro atoms. The lowest BCUT2D eigenvalue weighted by atomic mass is 9.99. The Kier molecular flexibility index (Phi) is 5.08. The summed E-state index contributed by atoms with van der Waals surface area (Å²) >= 11 is 4.25. The molecule has 130 valence electrons. The Morgan fingerprint density at radius 3 is 2.80 bits per heavy atom. The molecule has 1 unspecified atom stereocenters. The molecule has 25 heavy (non-hydrogen) atoms. The predicted octanol–water partition coefficient (Wildman–Crippen LogP) is 2.24. The average Bonchev–Trinajstić information content (AvgIpc) is 3.07. The van der Waals surface area contributed by atoms with Crippen LogP contribution in [0.5, 0.6) is 11.5 Å². The highest BCUT2D eigenvalue weighted by atomic mass is 32.1. The number of nitrogens with zero attached hydrogens (tertiary/aromatic N) is 1. The van der Waals surface area contributed by atoms with Crippen LogP contribution in [0.4, 0.5) is 5.82 Å². The smallest absolute Gasteiger partial charge is 0.335 e. The second-order valence-corrected chi connectivity index (χ2v) is 5.86. The van der Waals surface area contributed by atoms with Gasteiger partial charge in [-0.25, -0.2) is 9.78 Å². The first kappa shape index (κ1) is 17.1. The number of benzene rings is 1. The summed E-state index contributed by atoms with van der Waals surface area (Å²) < 4.78 is 10.6. The number of pyridine rings is 1. The van der Waals surface area contributed by atoms with Gasteiger partial charge in [-0.2, -0.15) is 12.6 Å². The lowest BCUT2D eigenvalue weighted by Gasteiger charge is -2.15. The third kappa shape index (κ3) is 4.03. The van der Waals surface area contributed by atoms with Gasteiger partial charge in [0.15, 0.2) is 11.5 Å². The Bertz CT molecular complexity index is 811. The van der Waals surface area contributed by atoms with E-state index in [0.29, 0.717) is 23.7 Å². The van der Waals surface area contributed by atoms with E-state index in [1.807, 2.05) is 18.2 Å². The average molecular weight is 360 g/mol. The van der Waals surface area contributed by atoms with Crippen molar-refractivity contribution in [2.24, 2.45) is 5.92 Å². The predicted molar refractivity (Wildman–Crippen MR) is 93.4 cm³/mol. The van der Waals surface area contributed by atoms with Crippen molar-refractivity contribution in [3.05, 3.63) is 47.7 Å². The van der Waals surface area contributed by atoms with Crippen LogP contribution in [-0.2, 0) is 11.2 Å². The van der Waals surface area contributed by atoms with Gasteiger partial charge in [0.05, 0.1) is 11.5 Å². The van der Waals surface area contributed by atoms with Crippen molar-refractivity contribution in [1.29, 1.82) is 0 Å². The van der Waals surface area contributed by atoms with Gasteiger partial charge in [0, 0.05) is 11.9 Å². The summed E-state index contributed by atoms with van der Waals surface area (Å²) in [6, 6.07) is 8.20. The van der Waals surface area contributed by atoms with E-state index in [1.165, 1.54) is 18.3 Å². The maximum absolute atomic E-state index is 12.5. The molecule has 8 heteroatoms. The van der Waals surface area contributed by atoms with Crippen LogP contribution in [0.2, 0.25) is 0 Å². The van der Waals surface area contributed by atoms with Crippen molar-refractivity contribution >= 4 is 30.3 Å². The molecule has 0 saturated carbocycles. The normalized spacial score (nSPS) is 13.3. The number of hydrogen-bond acceptors (Lipinski definition) is 6. The quantitative estimate of drug-likeness (QED) is 0.684. The molecular formula is C17H16N2O5S. The van der Waals surface area contributed by atoms with Gasteiger partial charge in [-0.05, 0) is 36.2 Å². The second-order valence-electron chi connectivity index (χ2n) is 5.50. The summed E-state index contributed by atoms with van der Waals surface area (Å²) in [6.45, 7) is 0.195. The zero-order valence-electron chi connectivity index (χ0n) is 13.1. The fourth-order valence-electron chi connectivity index (χ4n) is 2.45. The number of anilines is 1. The van der Waals surface area contributed by atoms with Crippen molar-refractivity contribution in [3.8, 4) is 11.5 Å². The number of fused-ring (bicyclic) bond motifs is 1. The number of carbonyl (C=O) groups excluding carboxylic acids is 1. The summed E-state index contributed by atoms with van der Waals surface area (Å²) in [6.07, 6.45) is 1.80. The molecule has 0 aliphatic carbocycles. The van der Waals surface area contributed by atoms with Crippen molar-refractivity contribution < 1.29 is 24.2 Å². The molecule has 1 aromatic carbocycles. The van der Waals surface area contributed by atoms with E-state index < -0.39 is 11.9 Å². The molecule has 2 aromatic rings. The molecule has 0 fully saturated rings. The van der Waals surface area contributed by atoms with E-state index in [1.54, 1.807) is 0 Å². The lowest BCUT2D eigenvalue weighted by molar-refractivity contribution is -0.119. The first-order valence-corrected chi connectivity index (χ1v) is 8.19. The minimum absolute atomic E-state index is 0.0588. The molecule has 2 heterocycles. The zero-order valence-corrected chi connectivity index (χ0v) is 14.0. The third-order valence-corrected chi connectivity index (χ3v) is 4.21. The summed E-state index contributed by atoms with van der Waals surface area (Å²) in [5, 5.41) is 11.6. The van der Waals surface area contributed by atoms with Crippen LogP contribution in [-0.4, -0.2) is 34.5 Å². The van der Waals surface area contributed by atoms with Crippen molar-refractivity contribution in [3.63, 3.8) is 0 Å². The van der Waals surface area contributed by atoms with Crippen LogP contribution < -0.4 is 14.8 Å². The number of amides is 1. The molecule has 1 aliphatic heterocycles. The molecule has 1 amide bonds. The third-order valence-electron chi connectivity index (χ3n) is 3.77. The van der Waals surface area contributed by atoms with Crippen molar-refractivity contribution in [2.75, 3.05) is 17.9 Å². The number of carbonyl (C=O) groups is 2. The van der Waals surface area contributed by atoms with Crippen molar-refractivity contribution in [2.45, 2.75) is 6.42 Å². The minimum Gasteiger partial charge on any atom is -0.478 e. The van der Waals surface area contributed by atoms with Gasteiger partial charge >= 0.3 is 5.97 Å². The van der Waals surface area contributed by atoms with E-state index in [9.17, 15) is 9.59 Å². The van der Waals surface area contributed by atoms with Crippen molar-refractivity contribution in [1.82, 2.24) is 4.98 Å². The van der Waals surface area contributed by atoms with Gasteiger partial charge in [-0.1, -0.05) is 6.07 Å². The molecule has 1 atom stereocenters. The van der Waals surface area contributed by atoms with Gasteiger partial charge in [0.25, 0.3) is 0 Å². The van der Waals surface area contributed by atoms with Crippen LogP contribution in [0.1, 0.15) is 15.9 Å². The number of carboxylic acids is 1. The molecule has 0 bridgehead atoms. The Balaban J connectivity index is 1.69. The van der Waals surface area contributed by atoms with E-state index in [2.05, 4.69) is 22.9 Å². The Hall–Kier alpha value is -2.74. The van der Waals surface area contributed by atoms with Gasteiger partial charge < -0.3 is 19.9 Å². The number of rotatable bonds is 6. The van der Waals surface area contributed by atoms with Crippen LogP contribution in [0, 0.1) is 5.92 Å². The fourth-order valence-corrected chi connectivity index (χ4v) is 2.75. The molecule has 0 saturated heterocycles. The van der Waals surface area contributed by atoms with E-state index in [-0.39, 0.29) is 24.1 Å². The van der Waals surface area contributed by atoms with Gasteiger partial charge in [-0.3, -0.25) is 4.79 Å². The minimum atomic E-state index is -1.08. The monoisotopic (exact) mass is 360 g/mol. The molecule has 3 rings (SSSR count).